The molecule has 0 bridgehead atoms. The SMILES string of the molecule is CCCCSc1n[n+]2c(c(=O)[nH]1)-c1ccccc1N(C(C)=O)[C@@H]2c1c(OC(C)=O)ccc2ccccc12. The number of aromatic nitrogens is 3. The number of unbranched alkanes of at least 4 members (excludes halogenated alkanes) is 1. The Kier molecular flexibility index (Phi) is 6.80. The molecule has 1 aliphatic rings. The normalized spacial score (nSPS) is 14.2. The Hall–Kier alpha value is -3.98. The van der Waals surface area contributed by atoms with Crippen molar-refractivity contribution < 1.29 is 19.0 Å². The zero-order valence-electron chi connectivity index (χ0n) is 20.9. The lowest BCUT2D eigenvalue weighted by Gasteiger charge is -2.32. The van der Waals surface area contributed by atoms with Crippen molar-refractivity contribution in [2.75, 3.05) is 10.7 Å². The third-order valence-electron chi connectivity index (χ3n) is 6.28. The lowest BCUT2D eigenvalue weighted by Crippen LogP contribution is -2.60. The van der Waals surface area contributed by atoms with Crippen molar-refractivity contribution in [1.29, 1.82) is 0 Å². The molecule has 1 N–H and O–H groups in total. The van der Waals surface area contributed by atoms with Gasteiger partial charge in [-0.15, -0.1) is 0 Å². The molecule has 0 saturated carbocycles. The summed E-state index contributed by atoms with van der Waals surface area (Å²) in [5.74, 6) is 0.382. The van der Waals surface area contributed by atoms with E-state index in [-0.39, 0.29) is 11.5 Å². The van der Waals surface area contributed by atoms with Crippen LogP contribution in [0, 0.1) is 0 Å². The minimum atomic E-state index is -0.865. The van der Waals surface area contributed by atoms with Crippen molar-refractivity contribution in [2.45, 2.75) is 44.9 Å². The first-order valence-corrected chi connectivity index (χ1v) is 13.2. The molecule has 2 heterocycles. The van der Waals surface area contributed by atoms with Gasteiger partial charge in [-0.05, 0) is 40.1 Å². The highest BCUT2D eigenvalue weighted by Crippen LogP contribution is 2.42. The largest absolute Gasteiger partial charge is 0.426 e. The van der Waals surface area contributed by atoms with Gasteiger partial charge in [0.15, 0.2) is 0 Å². The van der Waals surface area contributed by atoms with Gasteiger partial charge in [0, 0.05) is 24.7 Å². The van der Waals surface area contributed by atoms with Crippen LogP contribution >= 0.6 is 11.8 Å². The van der Waals surface area contributed by atoms with Gasteiger partial charge >= 0.3 is 17.2 Å². The van der Waals surface area contributed by atoms with Crippen molar-refractivity contribution in [3.63, 3.8) is 0 Å². The fourth-order valence-corrected chi connectivity index (χ4v) is 5.68. The summed E-state index contributed by atoms with van der Waals surface area (Å²) in [7, 11) is 0. The average Bonchev–Trinajstić information content (AvgIpc) is 2.87. The van der Waals surface area contributed by atoms with Crippen LogP contribution in [0.5, 0.6) is 5.75 Å². The van der Waals surface area contributed by atoms with Crippen LogP contribution in [0.1, 0.15) is 45.3 Å². The molecule has 188 valence electrons. The molecule has 1 amide bonds. The summed E-state index contributed by atoms with van der Waals surface area (Å²) >= 11 is 1.46. The third-order valence-corrected chi connectivity index (χ3v) is 7.23. The molecular formula is C28H27N4O4S+. The van der Waals surface area contributed by atoms with E-state index in [0.717, 1.165) is 29.4 Å². The molecule has 5 rings (SSSR count). The molecule has 0 saturated heterocycles. The molecule has 0 aliphatic carbocycles. The lowest BCUT2D eigenvalue weighted by atomic mass is 9.96. The highest BCUT2D eigenvalue weighted by atomic mass is 32.2. The molecular weight excluding hydrogens is 488 g/mol. The number of H-pyrrole nitrogens is 1. The summed E-state index contributed by atoms with van der Waals surface area (Å²) in [6, 6.07) is 18.6. The molecule has 37 heavy (non-hydrogen) atoms. The maximum Gasteiger partial charge on any atom is 0.325 e. The number of hydrogen-bond acceptors (Lipinski definition) is 6. The van der Waals surface area contributed by atoms with E-state index in [2.05, 4.69) is 11.9 Å². The number of carbonyl (C=O) groups excluding carboxylic acids is 2. The number of hydrogen-bond donors (Lipinski definition) is 1. The molecule has 3 aromatic carbocycles. The second kappa shape index (κ2) is 10.2. The first kappa shape index (κ1) is 24.7. The van der Waals surface area contributed by atoms with E-state index in [1.165, 1.54) is 25.6 Å². The minimum absolute atomic E-state index is 0.237. The number of nitrogens with zero attached hydrogens (tertiary/aromatic N) is 3. The second-order valence-electron chi connectivity index (χ2n) is 8.83. The van der Waals surface area contributed by atoms with Gasteiger partial charge in [0.1, 0.15) is 5.75 Å². The molecule has 1 aromatic heterocycles. The fourth-order valence-electron chi connectivity index (χ4n) is 4.74. The van der Waals surface area contributed by atoms with Crippen molar-refractivity contribution in [3.05, 3.63) is 76.6 Å². The van der Waals surface area contributed by atoms with E-state index in [9.17, 15) is 14.4 Å². The summed E-state index contributed by atoms with van der Waals surface area (Å²) in [4.78, 5) is 43.5. The van der Waals surface area contributed by atoms with E-state index in [0.29, 0.717) is 33.4 Å². The number of carbonyl (C=O) groups is 2. The highest BCUT2D eigenvalue weighted by Gasteiger charge is 2.47. The van der Waals surface area contributed by atoms with Crippen LogP contribution in [0.3, 0.4) is 0 Å². The predicted molar refractivity (Wildman–Crippen MR) is 143 cm³/mol. The van der Waals surface area contributed by atoms with Gasteiger partial charge in [0.25, 0.3) is 6.17 Å². The molecule has 4 aromatic rings. The van der Waals surface area contributed by atoms with E-state index in [1.807, 2.05) is 54.6 Å². The number of benzene rings is 3. The number of rotatable bonds is 6. The van der Waals surface area contributed by atoms with Gasteiger partial charge in [-0.25, -0.2) is 4.90 Å². The molecule has 8 nitrogen and oxygen atoms in total. The monoisotopic (exact) mass is 515 g/mol. The Labute approximate surface area is 218 Å². The number of fused-ring (bicyclic) bond motifs is 4. The zero-order chi connectivity index (χ0) is 26.1. The van der Waals surface area contributed by atoms with Gasteiger partial charge in [0.2, 0.25) is 11.1 Å². The molecule has 0 fully saturated rings. The van der Waals surface area contributed by atoms with E-state index >= 15 is 0 Å². The Balaban J connectivity index is 1.87. The van der Waals surface area contributed by atoms with Crippen LogP contribution in [-0.2, 0) is 9.59 Å². The quantitative estimate of drug-likeness (QED) is 0.132. The number of esters is 1. The van der Waals surface area contributed by atoms with Crippen LogP contribution in [0.15, 0.2) is 70.6 Å². The topological polar surface area (TPSA) is 96.2 Å². The number of nitrogens with one attached hydrogen (secondary N) is 1. The Morgan fingerprint density at radius 2 is 1.84 bits per heavy atom. The third kappa shape index (κ3) is 4.51. The van der Waals surface area contributed by atoms with Gasteiger partial charge < -0.3 is 4.74 Å². The standard InChI is InChI=1S/C28H26N4O4S/c1-4-5-16-37-28-29-26(35)25-21-12-8-9-13-22(21)31(17(2)33)27(32(25)30-28)24-20-11-7-6-10-19(20)14-15-23(24)36-18(3)34/h6-15,27H,4-5,16H2,1-3H3/p+1/t27-/m0/s1. The summed E-state index contributed by atoms with van der Waals surface area (Å²) in [5.41, 5.74) is 1.79. The number of aromatic amines is 1. The van der Waals surface area contributed by atoms with Gasteiger partial charge in [-0.1, -0.05) is 67.6 Å². The van der Waals surface area contributed by atoms with Gasteiger partial charge in [0.05, 0.1) is 16.8 Å². The van der Waals surface area contributed by atoms with Crippen molar-refractivity contribution in [2.24, 2.45) is 0 Å². The van der Waals surface area contributed by atoms with Crippen molar-refractivity contribution in [3.8, 4) is 17.0 Å². The first-order chi connectivity index (χ1) is 17.9. The smallest absolute Gasteiger partial charge is 0.325 e. The molecule has 9 heteroatoms. The van der Waals surface area contributed by atoms with Crippen LogP contribution in [0.4, 0.5) is 5.69 Å². The number of ether oxygens (including phenoxy) is 1. The maximum absolute atomic E-state index is 13.5. The Morgan fingerprint density at radius 1 is 1.08 bits per heavy atom. The number of para-hydroxylation sites is 1. The van der Waals surface area contributed by atoms with Crippen LogP contribution < -0.4 is 19.9 Å². The summed E-state index contributed by atoms with van der Waals surface area (Å²) in [6.45, 7) is 4.92. The second-order valence-corrected chi connectivity index (χ2v) is 9.91. The summed E-state index contributed by atoms with van der Waals surface area (Å²) < 4.78 is 7.27. The van der Waals surface area contributed by atoms with Crippen LogP contribution in [0.25, 0.3) is 22.0 Å². The van der Waals surface area contributed by atoms with E-state index in [1.54, 1.807) is 15.6 Å². The predicted octanol–water partition coefficient (Wildman–Crippen LogP) is 4.61. The van der Waals surface area contributed by atoms with Crippen LogP contribution in [-0.4, -0.2) is 27.7 Å². The Morgan fingerprint density at radius 3 is 2.59 bits per heavy atom. The molecule has 0 radical (unpaired) electrons. The highest BCUT2D eigenvalue weighted by molar-refractivity contribution is 7.99. The lowest BCUT2D eigenvalue weighted by molar-refractivity contribution is -0.762. The maximum atomic E-state index is 13.5. The average molecular weight is 516 g/mol. The molecule has 1 aliphatic heterocycles. The van der Waals surface area contributed by atoms with Crippen molar-refractivity contribution >= 4 is 40.1 Å². The molecule has 1 atom stereocenters. The van der Waals surface area contributed by atoms with Crippen LogP contribution in [0.2, 0.25) is 0 Å². The zero-order valence-corrected chi connectivity index (χ0v) is 21.7. The van der Waals surface area contributed by atoms with E-state index in [4.69, 9.17) is 9.84 Å². The van der Waals surface area contributed by atoms with Gasteiger partial charge in [-0.2, -0.15) is 0 Å². The van der Waals surface area contributed by atoms with Gasteiger partial charge in [-0.3, -0.25) is 19.4 Å². The fraction of sp³-hybridized carbons (Fsp3) is 0.250. The molecule has 0 spiro atoms. The Bertz CT molecular complexity index is 1580. The number of thioether (sulfide) groups is 1. The minimum Gasteiger partial charge on any atom is -0.426 e. The molecule has 0 unspecified atom stereocenters. The first-order valence-electron chi connectivity index (χ1n) is 12.2. The van der Waals surface area contributed by atoms with E-state index < -0.39 is 12.1 Å². The van der Waals surface area contributed by atoms with Crippen molar-refractivity contribution in [1.82, 2.24) is 10.1 Å². The summed E-state index contributed by atoms with van der Waals surface area (Å²) in [5, 5.41) is 7.01. The summed E-state index contributed by atoms with van der Waals surface area (Å²) in [6.07, 6.45) is 1.13. The number of amides is 1. The number of anilines is 1.